The highest BCUT2D eigenvalue weighted by molar-refractivity contribution is 9.10. The first kappa shape index (κ1) is 17.4. The van der Waals surface area contributed by atoms with E-state index in [1.165, 1.54) is 12.1 Å². The highest BCUT2D eigenvalue weighted by Crippen LogP contribution is 2.33. The Hall–Kier alpha value is -1.96. The molecule has 23 heavy (non-hydrogen) atoms. The van der Waals surface area contributed by atoms with Crippen LogP contribution in [-0.4, -0.2) is 32.5 Å². The van der Waals surface area contributed by atoms with Crippen LogP contribution in [0.2, 0.25) is 0 Å². The summed E-state index contributed by atoms with van der Waals surface area (Å²) in [4.78, 5) is 8.08. The minimum absolute atomic E-state index is 0.258. The Bertz CT molecular complexity index is 675. The Balaban J connectivity index is 2.29. The number of alkyl halides is 3. The van der Waals surface area contributed by atoms with Gasteiger partial charge in [0.25, 0.3) is 0 Å². The van der Waals surface area contributed by atoms with Gasteiger partial charge in [0.1, 0.15) is 5.75 Å². The molecule has 0 N–H and O–H groups in total. The topological polar surface area (TPSA) is 28.6 Å². The number of nitrogens with zero attached hydrogens (tertiary/aromatic N) is 3. The maximum absolute atomic E-state index is 12.2. The van der Waals surface area contributed by atoms with Crippen molar-refractivity contribution < 1.29 is 17.9 Å². The maximum atomic E-state index is 12.2. The van der Waals surface area contributed by atoms with Crippen molar-refractivity contribution in [2.24, 2.45) is 0 Å². The Morgan fingerprint density at radius 2 is 1.70 bits per heavy atom. The quantitative estimate of drug-likeness (QED) is 0.765. The molecule has 0 amide bonds. The van der Waals surface area contributed by atoms with Gasteiger partial charge in [-0.1, -0.05) is 0 Å². The lowest BCUT2D eigenvalue weighted by Gasteiger charge is -2.25. The van der Waals surface area contributed by atoms with Crippen LogP contribution in [0.1, 0.15) is 0 Å². The van der Waals surface area contributed by atoms with Gasteiger partial charge in [0.15, 0.2) is 5.82 Å². The first-order valence-electron chi connectivity index (χ1n) is 6.60. The van der Waals surface area contributed by atoms with Crippen molar-refractivity contribution in [2.75, 3.05) is 30.9 Å². The molecule has 1 heterocycles. The van der Waals surface area contributed by atoms with Gasteiger partial charge in [-0.05, 0) is 46.3 Å². The number of halogens is 4. The Labute approximate surface area is 140 Å². The van der Waals surface area contributed by atoms with E-state index in [1.54, 1.807) is 30.3 Å². The van der Waals surface area contributed by atoms with Crippen LogP contribution in [0.5, 0.6) is 5.75 Å². The van der Waals surface area contributed by atoms with E-state index in [9.17, 15) is 13.2 Å². The molecule has 0 spiro atoms. The van der Waals surface area contributed by atoms with Crippen molar-refractivity contribution in [2.45, 2.75) is 6.36 Å². The first-order valence-corrected chi connectivity index (χ1v) is 7.39. The summed E-state index contributed by atoms with van der Waals surface area (Å²) in [5.74, 6) is 0.425. The average molecular weight is 390 g/mol. The van der Waals surface area contributed by atoms with Crippen LogP contribution in [0.15, 0.2) is 41.0 Å². The molecule has 0 saturated carbocycles. The van der Waals surface area contributed by atoms with Crippen LogP contribution >= 0.6 is 15.9 Å². The number of anilines is 3. The van der Waals surface area contributed by atoms with Crippen LogP contribution in [0.25, 0.3) is 0 Å². The summed E-state index contributed by atoms with van der Waals surface area (Å²) in [6.45, 7) is 0. The molecule has 8 heteroatoms. The highest BCUT2D eigenvalue weighted by atomic mass is 79.9. The molecule has 0 fully saturated rings. The predicted molar refractivity (Wildman–Crippen MR) is 87.5 cm³/mol. The zero-order valence-electron chi connectivity index (χ0n) is 12.7. The largest absolute Gasteiger partial charge is 0.573 e. The lowest BCUT2D eigenvalue weighted by atomic mass is 10.2. The van der Waals surface area contributed by atoms with Gasteiger partial charge >= 0.3 is 6.36 Å². The molecule has 1 aromatic carbocycles. The third kappa shape index (κ3) is 4.51. The molecule has 2 rings (SSSR count). The van der Waals surface area contributed by atoms with Crippen LogP contribution in [0.4, 0.5) is 30.4 Å². The van der Waals surface area contributed by atoms with Gasteiger partial charge < -0.3 is 14.5 Å². The molecular weight excluding hydrogens is 375 g/mol. The predicted octanol–water partition coefficient (Wildman–Crippen LogP) is 4.58. The number of benzene rings is 1. The van der Waals surface area contributed by atoms with E-state index in [-0.39, 0.29) is 5.75 Å². The number of hydrogen-bond acceptors (Lipinski definition) is 4. The number of pyridine rings is 1. The van der Waals surface area contributed by atoms with Gasteiger partial charge in [-0.25, -0.2) is 4.98 Å². The van der Waals surface area contributed by atoms with Crippen molar-refractivity contribution >= 4 is 33.1 Å². The second-order valence-corrected chi connectivity index (χ2v) is 5.91. The second-order valence-electron chi connectivity index (χ2n) is 4.99. The van der Waals surface area contributed by atoms with Crippen LogP contribution in [0, 0.1) is 0 Å². The van der Waals surface area contributed by atoms with Crippen molar-refractivity contribution in [1.29, 1.82) is 0 Å². The average Bonchev–Trinajstić information content (AvgIpc) is 2.45. The lowest BCUT2D eigenvalue weighted by Crippen LogP contribution is -2.18. The Kier molecular flexibility index (Phi) is 5.03. The molecule has 0 radical (unpaired) electrons. The van der Waals surface area contributed by atoms with Gasteiger partial charge in [-0.2, -0.15) is 0 Å². The smallest absolute Gasteiger partial charge is 0.406 e. The fourth-order valence-corrected chi connectivity index (χ4v) is 2.32. The minimum Gasteiger partial charge on any atom is -0.406 e. The molecule has 1 aromatic heterocycles. The third-order valence-electron chi connectivity index (χ3n) is 3.07. The molecular formula is C15H15BrF3N3O. The van der Waals surface area contributed by atoms with Gasteiger partial charge in [0.2, 0.25) is 0 Å². The Morgan fingerprint density at radius 3 is 2.22 bits per heavy atom. The summed E-state index contributed by atoms with van der Waals surface area (Å²) in [6.07, 6.45) is -3.03. The molecule has 0 bridgehead atoms. The van der Waals surface area contributed by atoms with E-state index in [1.807, 2.05) is 25.1 Å². The van der Waals surface area contributed by atoms with Crippen molar-refractivity contribution in [3.63, 3.8) is 0 Å². The summed E-state index contributed by atoms with van der Waals surface area (Å²) in [6, 6.07) is 7.55. The van der Waals surface area contributed by atoms with E-state index >= 15 is 0 Å². The summed E-state index contributed by atoms with van der Waals surface area (Å²) in [7, 11) is 5.57. The molecule has 0 aliphatic rings. The zero-order valence-corrected chi connectivity index (χ0v) is 14.3. The van der Waals surface area contributed by atoms with Crippen molar-refractivity contribution in [3.8, 4) is 5.75 Å². The van der Waals surface area contributed by atoms with Gasteiger partial charge in [0, 0.05) is 37.5 Å². The summed E-state index contributed by atoms with van der Waals surface area (Å²) < 4.78 is 41.3. The van der Waals surface area contributed by atoms with E-state index < -0.39 is 6.36 Å². The summed E-state index contributed by atoms with van der Waals surface area (Å²) >= 11 is 3.38. The molecule has 0 unspecified atom stereocenters. The summed E-state index contributed by atoms with van der Waals surface area (Å²) in [5.41, 5.74) is 1.56. The van der Waals surface area contributed by atoms with E-state index in [0.29, 0.717) is 11.5 Å². The second kappa shape index (κ2) is 6.66. The molecule has 0 aliphatic carbocycles. The molecule has 0 atom stereocenters. The number of ether oxygens (including phenoxy) is 1. The number of rotatable bonds is 4. The van der Waals surface area contributed by atoms with E-state index in [0.717, 1.165) is 10.2 Å². The van der Waals surface area contributed by atoms with Gasteiger partial charge in [-0.15, -0.1) is 13.2 Å². The van der Waals surface area contributed by atoms with E-state index in [2.05, 4.69) is 25.7 Å². The highest BCUT2D eigenvalue weighted by Gasteiger charge is 2.31. The zero-order chi connectivity index (χ0) is 17.2. The van der Waals surface area contributed by atoms with Crippen LogP contribution in [-0.2, 0) is 0 Å². The third-order valence-corrected chi connectivity index (χ3v) is 3.50. The monoisotopic (exact) mass is 389 g/mol. The maximum Gasteiger partial charge on any atom is 0.573 e. The number of aromatic nitrogens is 1. The molecule has 124 valence electrons. The van der Waals surface area contributed by atoms with Crippen LogP contribution in [0.3, 0.4) is 0 Å². The van der Waals surface area contributed by atoms with Crippen LogP contribution < -0.4 is 14.5 Å². The number of hydrogen-bond donors (Lipinski definition) is 0. The first-order chi connectivity index (χ1) is 10.7. The fourth-order valence-electron chi connectivity index (χ4n) is 2.00. The fraction of sp³-hybridized carbons (Fsp3) is 0.267. The SMILES string of the molecule is CN(C)c1cc(Br)cnc1N(C)c1ccc(OC(F)(F)F)cc1. The lowest BCUT2D eigenvalue weighted by molar-refractivity contribution is -0.274. The molecule has 0 aliphatic heterocycles. The van der Waals surface area contributed by atoms with Gasteiger partial charge in [-0.3, -0.25) is 0 Å². The molecule has 4 nitrogen and oxygen atoms in total. The standard InChI is InChI=1S/C15H15BrF3N3O/c1-21(2)13-8-10(16)9-20-14(13)22(3)11-4-6-12(7-5-11)23-15(17,18)19/h4-9H,1-3H3. The Morgan fingerprint density at radius 1 is 1.09 bits per heavy atom. The van der Waals surface area contributed by atoms with Crippen molar-refractivity contribution in [3.05, 3.63) is 41.0 Å². The summed E-state index contributed by atoms with van der Waals surface area (Å²) in [5, 5.41) is 0. The van der Waals surface area contributed by atoms with Crippen molar-refractivity contribution in [1.82, 2.24) is 4.98 Å². The van der Waals surface area contributed by atoms with E-state index in [4.69, 9.17) is 0 Å². The van der Waals surface area contributed by atoms with Gasteiger partial charge in [0.05, 0.1) is 5.69 Å². The normalized spacial score (nSPS) is 11.3. The molecule has 2 aromatic rings. The minimum atomic E-state index is -4.70. The molecule has 0 saturated heterocycles.